The number of nitrogens with one attached hydrogen (secondary N) is 1. The van der Waals surface area contributed by atoms with Gasteiger partial charge in [0.2, 0.25) is 0 Å². The fraction of sp³-hybridized carbons (Fsp3) is 0.538. The van der Waals surface area contributed by atoms with E-state index >= 15 is 0 Å². The molecule has 1 saturated heterocycles. The van der Waals surface area contributed by atoms with E-state index in [9.17, 15) is 0 Å². The average molecular weight is 219 g/mol. The summed E-state index contributed by atoms with van der Waals surface area (Å²) < 4.78 is 11.3. The van der Waals surface area contributed by atoms with Crippen LogP contribution in [0.2, 0.25) is 0 Å². The zero-order valence-electron chi connectivity index (χ0n) is 9.58. The lowest BCUT2D eigenvalue weighted by atomic mass is 9.83. The molecule has 0 aromatic heterocycles. The Kier molecular flexibility index (Phi) is 2.28. The minimum absolute atomic E-state index is 0.130. The van der Waals surface area contributed by atoms with Crippen molar-refractivity contribution in [2.75, 3.05) is 19.8 Å². The van der Waals surface area contributed by atoms with Crippen molar-refractivity contribution in [2.24, 2.45) is 0 Å². The second-order valence-electron chi connectivity index (χ2n) is 4.72. The van der Waals surface area contributed by atoms with Gasteiger partial charge in [-0.15, -0.1) is 0 Å². The smallest absolute Gasteiger partial charge is 0.161 e. The molecule has 3 heteroatoms. The van der Waals surface area contributed by atoms with Gasteiger partial charge < -0.3 is 14.8 Å². The van der Waals surface area contributed by atoms with E-state index < -0.39 is 0 Å². The lowest BCUT2D eigenvalue weighted by Crippen LogP contribution is -2.51. The van der Waals surface area contributed by atoms with Gasteiger partial charge in [0, 0.05) is 12.0 Å². The van der Waals surface area contributed by atoms with E-state index in [1.165, 1.54) is 12.0 Å². The van der Waals surface area contributed by atoms with Crippen molar-refractivity contribution in [2.45, 2.75) is 25.3 Å². The fourth-order valence-corrected chi connectivity index (χ4v) is 2.25. The average Bonchev–Trinajstić information content (AvgIpc) is 2.49. The van der Waals surface area contributed by atoms with Crippen LogP contribution in [-0.4, -0.2) is 19.8 Å². The summed E-state index contributed by atoms with van der Waals surface area (Å²) in [5.74, 6) is 1.77. The Labute approximate surface area is 95.8 Å². The summed E-state index contributed by atoms with van der Waals surface area (Å²) in [6.07, 6.45) is 2.15. The molecule has 3 rings (SSSR count). The highest BCUT2D eigenvalue weighted by atomic mass is 16.5. The second-order valence-corrected chi connectivity index (χ2v) is 4.72. The van der Waals surface area contributed by atoms with Crippen LogP contribution in [-0.2, 0) is 5.54 Å². The molecule has 1 fully saturated rings. The molecule has 0 amide bonds. The molecule has 2 aliphatic rings. The number of fused-ring (bicyclic) bond motifs is 1. The lowest BCUT2D eigenvalue weighted by Gasteiger charge is -2.40. The Bertz CT molecular complexity index is 399. The van der Waals surface area contributed by atoms with Gasteiger partial charge in [0.1, 0.15) is 0 Å². The Balaban J connectivity index is 1.94. The molecule has 1 atom stereocenters. The van der Waals surface area contributed by atoms with Crippen molar-refractivity contribution in [3.8, 4) is 11.5 Å². The van der Waals surface area contributed by atoms with Gasteiger partial charge in [-0.1, -0.05) is 6.07 Å². The van der Waals surface area contributed by atoms with Crippen LogP contribution in [0.15, 0.2) is 18.2 Å². The number of rotatable bonds is 1. The third kappa shape index (κ3) is 1.55. The quantitative estimate of drug-likeness (QED) is 0.784. The molecule has 1 N–H and O–H groups in total. The summed E-state index contributed by atoms with van der Waals surface area (Å²) in [5, 5.41) is 3.46. The summed E-state index contributed by atoms with van der Waals surface area (Å²) in [6.45, 7) is 4.84. The number of hydrogen-bond donors (Lipinski definition) is 1. The van der Waals surface area contributed by atoms with Crippen LogP contribution < -0.4 is 14.8 Å². The van der Waals surface area contributed by atoms with Crippen molar-refractivity contribution in [3.05, 3.63) is 23.8 Å². The molecule has 1 aromatic rings. The molecular weight excluding hydrogens is 202 g/mol. The van der Waals surface area contributed by atoms with Gasteiger partial charge in [0.05, 0.1) is 13.2 Å². The Morgan fingerprint density at radius 2 is 1.94 bits per heavy atom. The molecule has 2 aliphatic heterocycles. The molecule has 3 nitrogen and oxygen atoms in total. The molecule has 1 unspecified atom stereocenters. The lowest BCUT2D eigenvalue weighted by molar-refractivity contribution is 0.235. The van der Waals surface area contributed by atoms with Crippen LogP contribution in [0.5, 0.6) is 11.5 Å². The Morgan fingerprint density at radius 1 is 1.19 bits per heavy atom. The largest absolute Gasteiger partial charge is 0.490 e. The van der Waals surface area contributed by atoms with E-state index in [0.717, 1.165) is 37.7 Å². The zero-order valence-corrected chi connectivity index (χ0v) is 9.58. The number of ether oxygens (including phenoxy) is 2. The summed E-state index contributed by atoms with van der Waals surface area (Å²) >= 11 is 0. The van der Waals surface area contributed by atoms with Crippen molar-refractivity contribution < 1.29 is 9.47 Å². The third-order valence-electron chi connectivity index (χ3n) is 3.52. The molecule has 2 heterocycles. The maximum absolute atomic E-state index is 5.70. The molecule has 0 aliphatic carbocycles. The van der Waals surface area contributed by atoms with Crippen molar-refractivity contribution in [1.82, 2.24) is 5.32 Å². The maximum atomic E-state index is 5.70. The highest BCUT2D eigenvalue weighted by Crippen LogP contribution is 2.37. The van der Waals surface area contributed by atoms with E-state index in [1.54, 1.807) is 0 Å². The van der Waals surface area contributed by atoms with E-state index in [0.29, 0.717) is 0 Å². The predicted octanol–water partition coefficient (Wildman–Crippen LogP) is 2.06. The summed E-state index contributed by atoms with van der Waals surface area (Å²) in [7, 11) is 0. The van der Waals surface area contributed by atoms with E-state index in [1.807, 2.05) is 6.07 Å². The molecular formula is C13H17NO2. The van der Waals surface area contributed by atoms with Gasteiger partial charge in [0.25, 0.3) is 0 Å². The first kappa shape index (κ1) is 9.97. The SMILES string of the molecule is CC1(c2ccc3c(c2)OCCCO3)CCN1. The van der Waals surface area contributed by atoms with Gasteiger partial charge in [-0.25, -0.2) is 0 Å². The van der Waals surface area contributed by atoms with E-state index in [4.69, 9.17) is 9.47 Å². The predicted molar refractivity (Wildman–Crippen MR) is 62.0 cm³/mol. The molecule has 0 bridgehead atoms. The first-order chi connectivity index (χ1) is 7.78. The van der Waals surface area contributed by atoms with Gasteiger partial charge in [-0.3, -0.25) is 0 Å². The Hall–Kier alpha value is -1.22. The molecule has 16 heavy (non-hydrogen) atoms. The second kappa shape index (κ2) is 3.67. The van der Waals surface area contributed by atoms with Crippen LogP contribution in [0.3, 0.4) is 0 Å². The van der Waals surface area contributed by atoms with Gasteiger partial charge >= 0.3 is 0 Å². The fourth-order valence-electron chi connectivity index (χ4n) is 2.25. The van der Waals surface area contributed by atoms with Gasteiger partial charge in [0.15, 0.2) is 11.5 Å². The van der Waals surface area contributed by atoms with Crippen LogP contribution >= 0.6 is 0 Å². The first-order valence-electron chi connectivity index (χ1n) is 5.93. The monoisotopic (exact) mass is 219 g/mol. The molecule has 86 valence electrons. The summed E-state index contributed by atoms with van der Waals surface area (Å²) in [6, 6.07) is 6.29. The van der Waals surface area contributed by atoms with E-state index in [2.05, 4.69) is 24.4 Å². The highest BCUT2D eigenvalue weighted by molar-refractivity contribution is 5.45. The van der Waals surface area contributed by atoms with E-state index in [-0.39, 0.29) is 5.54 Å². The molecule has 0 spiro atoms. The van der Waals surface area contributed by atoms with Crippen LogP contribution in [0.1, 0.15) is 25.3 Å². The Morgan fingerprint density at radius 3 is 2.62 bits per heavy atom. The molecule has 0 radical (unpaired) electrons. The number of hydrogen-bond acceptors (Lipinski definition) is 3. The summed E-state index contributed by atoms with van der Waals surface area (Å²) in [5.41, 5.74) is 1.42. The standard InChI is InChI=1S/C13H17NO2/c1-13(5-6-14-13)10-3-4-11-12(9-10)16-8-2-7-15-11/h3-4,9,14H,2,5-8H2,1H3. The van der Waals surface area contributed by atoms with Crippen molar-refractivity contribution >= 4 is 0 Å². The van der Waals surface area contributed by atoms with Gasteiger partial charge in [-0.2, -0.15) is 0 Å². The minimum atomic E-state index is 0.130. The molecule has 1 aromatic carbocycles. The third-order valence-corrected chi connectivity index (χ3v) is 3.52. The summed E-state index contributed by atoms with van der Waals surface area (Å²) in [4.78, 5) is 0. The van der Waals surface area contributed by atoms with Crippen LogP contribution in [0, 0.1) is 0 Å². The highest BCUT2D eigenvalue weighted by Gasteiger charge is 2.33. The topological polar surface area (TPSA) is 30.5 Å². The van der Waals surface area contributed by atoms with Crippen molar-refractivity contribution in [3.63, 3.8) is 0 Å². The van der Waals surface area contributed by atoms with Gasteiger partial charge in [-0.05, 0) is 37.6 Å². The number of benzene rings is 1. The minimum Gasteiger partial charge on any atom is -0.490 e. The molecule has 0 saturated carbocycles. The zero-order chi connectivity index (χ0) is 11.0. The van der Waals surface area contributed by atoms with Crippen LogP contribution in [0.25, 0.3) is 0 Å². The maximum Gasteiger partial charge on any atom is 0.161 e. The normalized spacial score (nSPS) is 28.1. The first-order valence-corrected chi connectivity index (χ1v) is 5.93. The van der Waals surface area contributed by atoms with Crippen molar-refractivity contribution in [1.29, 1.82) is 0 Å². The van der Waals surface area contributed by atoms with Crippen LogP contribution in [0.4, 0.5) is 0 Å².